The van der Waals surface area contributed by atoms with Crippen molar-refractivity contribution in [3.05, 3.63) is 29.3 Å². The number of nitrogens with zero attached hydrogens (tertiary/aromatic N) is 1. The molecule has 1 aromatic carbocycles. The van der Waals surface area contributed by atoms with Gasteiger partial charge in [0.1, 0.15) is 6.04 Å². The van der Waals surface area contributed by atoms with Crippen LogP contribution in [0.4, 0.5) is 5.69 Å². The number of benzene rings is 1. The summed E-state index contributed by atoms with van der Waals surface area (Å²) < 4.78 is 5.33. The highest BCUT2D eigenvalue weighted by Gasteiger charge is 2.42. The molecule has 8 heteroatoms. The van der Waals surface area contributed by atoms with Crippen LogP contribution < -0.4 is 16.0 Å². The fraction of sp³-hybridized carbons (Fsp3) is 0.529. The van der Waals surface area contributed by atoms with Crippen molar-refractivity contribution in [1.82, 2.24) is 5.32 Å². The quantitative estimate of drug-likeness (QED) is 0.823. The van der Waals surface area contributed by atoms with Crippen LogP contribution in [-0.2, 0) is 14.3 Å². The van der Waals surface area contributed by atoms with E-state index in [9.17, 15) is 9.59 Å². The minimum absolute atomic E-state index is 0. The monoisotopic (exact) mass is 387 g/mol. The highest BCUT2D eigenvalue weighted by molar-refractivity contribution is 6.34. The molecule has 2 aliphatic rings. The summed E-state index contributed by atoms with van der Waals surface area (Å²) in [5.41, 5.74) is 5.91. The number of amides is 2. The summed E-state index contributed by atoms with van der Waals surface area (Å²) in [6, 6.07) is 6.69. The molecule has 2 amide bonds. The van der Waals surface area contributed by atoms with E-state index >= 15 is 0 Å². The second kappa shape index (κ2) is 8.36. The van der Waals surface area contributed by atoms with Crippen LogP contribution in [0.3, 0.4) is 0 Å². The molecule has 0 bridgehead atoms. The van der Waals surface area contributed by atoms with Gasteiger partial charge in [-0.25, -0.2) is 0 Å². The Kier molecular flexibility index (Phi) is 6.68. The van der Waals surface area contributed by atoms with E-state index in [0.717, 1.165) is 0 Å². The number of hydrogen-bond donors (Lipinski definition) is 2. The molecule has 3 N–H and O–H groups in total. The van der Waals surface area contributed by atoms with Gasteiger partial charge in [0, 0.05) is 26.3 Å². The van der Waals surface area contributed by atoms with E-state index < -0.39 is 11.5 Å². The summed E-state index contributed by atoms with van der Waals surface area (Å²) >= 11 is 6.18. The van der Waals surface area contributed by atoms with Crippen LogP contribution in [0.25, 0.3) is 0 Å². The predicted molar refractivity (Wildman–Crippen MR) is 99.1 cm³/mol. The number of carbonyl (C=O) groups excluding carboxylic acids is 2. The molecule has 3 rings (SSSR count). The molecule has 2 heterocycles. The maximum absolute atomic E-state index is 12.7. The van der Waals surface area contributed by atoms with Crippen LogP contribution in [0.15, 0.2) is 24.3 Å². The van der Waals surface area contributed by atoms with Gasteiger partial charge in [-0.3, -0.25) is 9.59 Å². The van der Waals surface area contributed by atoms with Crippen LogP contribution in [0, 0.1) is 5.41 Å². The second-order valence-electron chi connectivity index (χ2n) is 6.35. The zero-order valence-electron chi connectivity index (χ0n) is 13.9. The third-order valence-electron chi connectivity index (χ3n) is 4.98. The maximum atomic E-state index is 12.7. The molecule has 1 atom stereocenters. The standard InChI is InChI=1S/C17H22ClN3O3.ClH/c18-12-3-1-2-4-14(12)21-8-5-13(15(21)22)20-16(23)17(11-19)6-9-24-10-7-17;/h1-4,13H,5-11,19H2,(H,20,23);1H. The van der Waals surface area contributed by atoms with E-state index in [1.54, 1.807) is 11.0 Å². The van der Waals surface area contributed by atoms with Crippen LogP contribution in [0.1, 0.15) is 19.3 Å². The molecule has 25 heavy (non-hydrogen) atoms. The molecule has 6 nitrogen and oxygen atoms in total. The first-order valence-corrected chi connectivity index (χ1v) is 8.60. The van der Waals surface area contributed by atoms with E-state index in [1.807, 2.05) is 18.2 Å². The lowest BCUT2D eigenvalue weighted by atomic mass is 9.79. The molecule has 2 aliphatic heterocycles. The Morgan fingerprint density at radius 3 is 2.68 bits per heavy atom. The fourth-order valence-corrected chi connectivity index (χ4v) is 3.56. The molecule has 138 valence electrons. The summed E-state index contributed by atoms with van der Waals surface area (Å²) in [4.78, 5) is 27.0. The molecule has 0 radical (unpaired) electrons. The Morgan fingerprint density at radius 2 is 2.04 bits per heavy atom. The number of anilines is 1. The van der Waals surface area contributed by atoms with Gasteiger partial charge in [0.2, 0.25) is 11.8 Å². The van der Waals surface area contributed by atoms with Gasteiger partial charge in [-0.05, 0) is 31.4 Å². The molecular formula is C17H23Cl2N3O3. The lowest BCUT2D eigenvalue weighted by Crippen LogP contribution is -2.53. The Morgan fingerprint density at radius 1 is 1.36 bits per heavy atom. The molecule has 2 fully saturated rings. The van der Waals surface area contributed by atoms with Gasteiger partial charge in [-0.2, -0.15) is 0 Å². The highest BCUT2D eigenvalue weighted by Crippen LogP contribution is 2.32. The number of hydrogen-bond acceptors (Lipinski definition) is 4. The van der Waals surface area contributed by atoms with Crippen molar-refractivity contribution in [2.45, 2.75) is 25.3 Å². The third kappa shape index (κ3) is 3.92. The lowest BCUT2D eigenvalue weighted by molar-refractivity contribution is -0.138. The van der Waals surface area contributed by atoms with E-state index in [1.165, 1.54) is 0 Å². The number of ether oxygens (including phenoxy) is 1. The Balaban J connectivity index is 0.00000225. The molecular weight excluding hydrogens is 365 g/mol. The van der Waals surface area contributed by atoms with Crippen LogP contribution in [0.2, 0.25) is 5.02 Å². The zero-order chi connectivity index (χ0) is 17.2. The second-order valence-corrected chi connectivity index (χ2v) is 6.76. The van der Waals surface area contributed by atoms with E-state index in [0.29, 0.717) is 49.7 Å². The van der Waals surface area contributed by atoms with Crippen molar-refractivity contribution in [3.63, 3.8) is 0 Å². The van der Waals surface area contributed by atoms with Crippen molar-refractivity contribution in [3.8, 4) is 0 Å². The van der Waals surface area contributed by atoms with E-state index in [4.69, 9.17) is 22.1 Å². The van der Waals surface area contributed by atoms with Crippen molar-refractivity contribution in [1.29, 1.82) is 0 Å². The SMILES string of the molecule is Cl.NCC1(C(=O)NC2CCN(c3ccccc3Cl)C2=O)CCOCC1. The van der Waals surface area contributed by atoms with E-state index in [2.05, 4.69) is 5.32 Å². The van der Waals surface area contributed by atoms with Crippen LogP contribution >= 0.6 is 24.0 Å². The number of para-hydroxylation sites is 1. The van der Waals surface area contributed by atoms with Gasteiger partial charge >= 0.3 is 0 Å². The van der Waals surface area contributed by atoms with Crippen molar-refractivity contribution < 1.29 is 14.3 Å². The molecule has 1 unspecified atom stereocenters. The first-order chi connectivity index (χ1) is 11.6. The minimum atomic E-state index is -0.629. The summed E-state index contributed by atoms with van der Waals surface area (Å²) in [6.45, 7) is 1.84. The molecule has 1 aromatic rings. The summed E-state index contributed by atoms with van der Waals surface area (Å²) in [7, 11) is 0. The molecule has 0 aliphatic carbocycles. The third-order valence-corrected chi connectivity index (χ3v) is 5.30. The number of halogens is 2. The predicted octanol–water partition coefficient (Wildman–Crippen LogP) is 1.74. The fourth-order valence-electron chi connectivity index (χ4n) is 3.32. The van der Waals surface area contributed by atoms with Gasteiger partial charge in [0.15, 0.2) is 0 Å². The largest absolute Gasteiger partial charge is 0.381 e. The molecule has 0 spiro atoms. The smallest absolute Gasteiger partial charge is 0.249 e. The summed E-state index contributed by atoms with van der Waals surface area (Å²) in [5, 5.41) is 3.43. The van der Waals surface area contributed by atoms with Gasteiger partial charge in [-0.15, -0.1) is 12.4 Å². The van der Waals surface area contributed by atoms with E-state index in [-0.39, 0.29) is 30.8 Å². The van der Waals surface area contributed by atoms with Crippen molar-refractivity contribution >= 4 is 41.5 Å². The van der Waals surface area contributed by atoms with Crippen LogP contribution in [0.5, 0.6) is 0 Å². The lowest BCUT2D eigenvalue weighted by Gasteiger charge is -2.35. The average Bonchev–Trinajstić information content (AvgIpc) is 2.96. The first-order valence-electron chi connectivity index (χ1n) is 8.22. The Hall–Kier alpha value is -1.34. The number of carbonyl (C=O) groups is 2. The zero-order valence-corrected chi connectivity index (χ0v) is 15.4. The minimum Gasteiger partial charge on any atom is -0.381 e. The maximum Gasteiger partial charge on any atom is 0.249 e. The van der Waals surface area contributed by atoms with Gasteiger partial charge in [0.05, 0.1) is 16.1 Å². The normalized spacial score (nSPS) is 22.4. The van der Waals surface area contributed by atoms with Crippen molar-refractivity contribution in [2.24, 2.45) is 11.1 Å². The van der Waals surface area contributed by atoms with Crippen molar-refractivity contribution in [2.75, 3.05) is 31.2 Å². The summed E-state index contributed by atoms with van der Waals surface area (Å²) in [5.74, 6) is -0.275. The Labute approximate surface area is 158 Å². The molecule has 2 saturated heterocycles. The summed E-state index contributed by atoms with van der Waals surface area (Å²) in [6.07, 6.45) is 1.74. The molecule has 0 aromatic heterocycles. The van der Waals surface area contributed by atoms with Gasteiger partial charge in [0.25, 0.3) is 0 Å². The number of rotatable bonds is 4. The first kappa shape index (κ1) is 20.0. The van der Waals surface area contributed by atoms with Gasteiger partial charge in [-0.1, -0.05) is 23.7 Å². The van der Waals surface area contributed by atoms with Gasteiger partial charge < -0.3 is 20.7 Å². The Bertz CT molecular complexity index is 635. The van der Waals surface area contributed by atoms with Crippen LogP contribution in [-0.4, -0.2) is 44.2 Å². The highest BCUT2D eigenvalue weighted by atomic mass is 35.5. The molecule has 0 saturated carbocycles. The topological polar surface area (TPSA) is 84.7 Å². The average molecular weight is 388 g/mol. The number of nitrogens with two attached hydrogens (primary N) is 1. The number of nitrogens with one attached hydrogen (secondary N) is 1.